The predicted molar refractivity (Wildman–Crippen MR) is 89.7 cm³/mol. The fourth-order valence-electron chi connectivity index (χ4n) is 3.40. The number of methoxy groups -OCH3 is 1. The van der Waals surface area contributed by atoms with E-state index in [2.05, 4.69) is 14.9 Å². The quantitative estimate of drug-likeness (QED) is 0.862. The van der Waals surface area contributed by atoms with Gasteiger partial charge in [-0.1, -0.05) is 0 Å². The molecule has 1 aromatic heterocycles. The number of hydrogen-bond acceptors (Lipinski definition) is 5. The Morgan fingerprint density at radius 3 is 2.79 bits per heavy atom. The molecular formula is C18H20N4O2. The summed E-state index contributed by atoms with van der Waals surface area (Å²) >= 11 is 0. The van der Waals surface area contributed by atoms with Gasteiger partial charge in [-0.05, 0) is 30.7 Å². The number of anilines is 1. The fraction of sp³-hybridized carbons (Fsp3) is 0.389. The molecule has 6 heteroatoms. The maximum Gasteiger partial charge on any atom is 0.254 e. The molecule has 1 atom stereocenters. The zero-order valence-corrected chi connectivity index (χ0v) is 13.7. The fourth-order valence-corrected chi connectivity index (χ4v) is 3.40. The van der Waals surface area contributed by atoms with Crippen LogP contribution in [-0.2, 0) is 17.8 Å². The Labute approximate surface area is 141 Å². The first-order valence-electron chi connectivity index (χ1n) is 8.19. The molecule has 1 fully saturated rings. The highest BCUT2D eigenvalue weighted by atomic mass is 16.5. The molecule has 0 aliphatic carbocycles. The van der Waals surface area contributed by atoms with E-state index in [1.807, 2.05) is 29.2 Å². The summed E-state index contributed by atoms with van der Waals surface area (Å²) in [6.45, 7) is 3.04. The van der Waals surface area contributed by atoms with Gasteiger partial charge in [-0.25, -0.2) is 9.97 Å². The Morgan fingerprint density at radius 2 is 2.08 bits per heavy atom. The van der Waals surface area contributed by atoms with Crippen molar-refractivity contribution in [1.29, 1.82) is 0 Å². The van der Waals surface area contributed by atoms with E-state index in [0.29, 0.717) is 24.8 Å². The average Bonchev–Trinajstić information content (AvgIpc) is 3.28. The lowest BCUT2D eigenvalue weighted by molar-refractivity contribution is 0.0750. The lowest BCUT2D eigenvalue weighted by Crippen LogP contribution is -2.25. The topological polar surface area (TPSA) is 58.6 Å². The molecule has 124 valence electrons. The number of benzene rings is 1. The minimum Gasteiger partial charge on any atom is -0.380 e. The highest BCUT2D eigenvalue weighted by molar-refractivity contribution is 5.94. The number of hydrogen-bond donors (Lipinski definition) is 0. The van der Waals surface area contributed by atoms with Crippen molar-refractivity contribution in [3.05, 3.63) is 53.6 Å². The Kier molecular flexibility index (Phi) is 3.90. The summed E-state index contributed by atoms with van der Waals surface area (Å²) in [5.74, 6) is 0.0377. The summed E-state index contributed by atoms with van der Waals surface area (Å²) < 4.78 is 5.41. The third-order valence-electron chi connectivity index (χ3n) is 4.83. The van der Waals surface area contributed by atoms with Gasteiger partial charge in [0.05, 0.1) is 18.3 Å². The van der Waals surface area contributed by atoms with Crippen LogP contribution >= 0.6 is 0 Å². The van der Waals surface area contributed by atoms with Crippen LogP contribution in [0.1, 0.15) is 28.0 Å². The molecular weight excluding hydrogens is 304 g/mol. The summed E-state index contributed by atoms with van der Waals surface area (Å²) in [5, 5.41) is 0. The van der Waals surface area contributed by atoms with Crippen LogP contribution in [0.3, 0.4) is 0 Å². The van der Waals surface area contributed by atoms with Gasteiger partial charge in [-0.2, -0.15) is 0 Å². The second kappa shape index (κ2) is 6.20. The molecule has 2 aliphatic heterocycles. The van der Waals surface area contributed by atoms with Gasteiger partial charge in [0.15, 0.2) is 0 Å². The number of amides is 1. The molecule has 1 saturated heterocycles. The van der Waals surface area contributed by atoms with E-state index in [0.717, 1.165) is 36.5 Å². The molecule has 1 aromatic carbocycles. The van der Waals surface area contributed by atoms with Gasteiger partial charge in [-0.3, -0.25) is 4.79 Å². The molecule has 2 aliphatic rings. The largest absolute Gasteiger partial charge is 0.380 e. The second-order valence-corrected chi connectivity index (χ2v) is 6.30. The summed E-state index contributed by atoms with van der Waals surface area (Å²) in [6, 6.07) is 7.86. The van der Waals surface area contributed by atoms with Gasteiger partial charge in [-0.15, -0.1) is 0 Å². The van der Waals surface area contributed by atoms with Crippen LogP contribution in [0.4, 0.5) is 5.69 Å². The summed E-state index contributed by atoms with van der Waals surface area (Å²) in [7, 11) is 1.76. The zero-order chi connectivity index (χ0) is 16.5. The van der Waals surface area contributed by atoms with Crippen LogP contribution in [0.2, 0.25) is 0 Å². The van der Waals surface area contributed by atoms with E-state index in [1.54, 1.807) is 13.3 Å². The molecule has 4 rings (SSSR count). The molecule has 0 spiro atoms. The van der Waals surface area contributed by atoms with Crippen molar-refractivity contribution in [3.63, 3.8) is 0 Å². The van der Waals surface area contributed by atoms with E-state index in [1.165, 1.54) is 6.33 Å². The number of rotatable bonds is 3. The van der Waals surface area contributed by atoms with Crippen LogP contribution in [0.5, 0.6) is 0 Å². The van der Waals surface area contributed by atoms with Crippen LogP contribution in [0, 0.1) is 0 Å². The number of aromatic nitrogens is 2. The highest BCUT2D eigenvalue weighted by Crippen LogP contribution is 2.25. The molecule has 0 N–H and O–H groups in total. The molecule has 2 aromatic rings. The molecule has 6 nitrogen and oxygen atoms in total. The molecule has 0 saturated carbocycles. The Morgan fingerprint density at radius 1 is 1.25 bits per heavy atom. The molecule has 1 unspecified atom stereocenters. The van der Waals surface area contributed by atoms with Crippen molar-refractivity contribution in [1.82, 2.24) is 14.9 Å². The van der Waals surface area contributed by atoms with E-state index in [-0.39, 0.29) is 5.91 Å². The van der Waals surface area contributed by atoms with Crippen molar-refractivity contribution in [2.75, 3.05) is 25.1 Å². The lowest BCUT2D eigenvalue weighted by atomic mass is 10.1. The van der Waals surface area contributed by atoms with Crippen molar-refractivity contribution < 1.29 is 9.53 Å². The van der Waals surface area contributed by atoms with E-state index < -0.39 is 0 Å². The standard InChI is InChI=1S/C18H20N4O2/c1-24-16-6-7-21(10-16)15-4-2-13(3-5-15)18(23)22-9-14-8-19-12-20-17(14)11-22/h2-5,8,12,16H,6-7,9-11H2,1H3. The summed E-state index contributed by atoms with van der Waals surface area (Å²) in [5.41, 5.74) is 3.83. The van der Waals surface area contributed by atoms with Gasteiger partial charge in [0.2, 0.25) is 0 Å². The van der Waals surface area contributed by atoms with Gasteiger partial charge in [0.25, 0.3) is 5.91 Å². The van der Waals surface area contributed by atoms with Crippen LogP contribution in [0.15, 0.2) is 36.8 Å². The smallest absolute Gasteiger partial charge is 0.254 e. The van der Waals surface area contributed by atoms with Crippen molar-refractivity contribution in [3.8, 4) is 0 Å². The third kappa shape index (κ3) is 2.73. The van der Waals surface area contributed by atoms with Gasteiger partial charge in [0.1, 0.15) is 6.33 Å². The minimum atomic E-state index is 0.0377. The number of fused-ring (bicyclic) bond motifs is 1. The van der Waals surface area contributed by atoms with E-state index in [4.69, 9.17) is 4.74 Å². The normalized spacial score (nSPS) is 19.6. The van der Waals surface area contributed by atoms with Crippen LogP contribution < -0.4 is 4.90 Å². The Hall–Kier alpha value is -2.47. The Bertz CT molecular complexity index is 722. The molecule has 3 heterocycles. The number of nitrogens with zero attached hydrogens (tertiary/aromatic N) is 4. The van der Waals surface area contributed by atoms with Gasteiger partial charge >= 0.3 is 0 Å². The maximum atomic E-state index is 12.7. The van der Waals surface area contributed by atoms with E-state index >= 15 is 0 Å². The van der Waals surface area contributed by atoms with Crippen LogP contribution in [-0.4, -0.2) is 47.1 Å². The molecule has 0 bridgehead atoms. The van der Waals surface area contributed by atoms with Crippen molar-refractivity contribution in [2.24, 2.45) is 0 Å². The first-order valence-corrected chi connectivity index (χ1v) is 8.19. The van der Waals surface area contributed by atoms with Crippen LogP contribution in [0.25, 0.3) is 0 Å². The third-order valence-corrected chi connectivity index (χ3v) is 4.83. The second-order valence-electron chi connectivity index (χ2n) is 6.30. The number of carbonyl (C=O) groups is 1. The molecule has 0 radical (unpaired) electrons. The average molecular weight is 324 g/mol. The number of ether oxygens (including phenoxy) is 1. The SMILES string of the molecule is COC1CCN(c2ccc(C(=O)N3Cc4cncnc4C3)cc2)C1. The monoisotopic (exact) mass is 324 g/mol. The van der Waals surface area contributed by atoms with Crippen molar-refractivity contribution >= 4 is 11.6 Å². The first kappa shape index (κ1) is 15.1. The maximum absolute atomic E-state index is 12.7. The van der Waals surface area contributed by atoms with Gasteiger partial charge < -0.3 is 14.5 Å². The Balaban J connectivity index is 1.45. The van der Waals surface area contributed by atoms with Crippen molar-refractivity contribution in [2.45, 2.75) is 25.6 Å². The molecule has 1 amide bonds. The minimum absolute atomic E-state index is 0.0377. The summed E-state index contributed by atoms with van der Waals surface area (Å²) in [4.78, 5) is 25.1. The number of carbonyl (C=O) groups excluding carboxylic acids is 1. The van der Waals surface area contributed by atoms with Gasteiger partial charge in [0, 0.05) is 49.8 Å². The lowest BCUT2D eigenvalue weighted by Gasteiger charge is -2.19. The first-order chi connectivity index (χ1) is 11.7. The van der Waals surface area contributed by atoms with E-state index in [9.17, 15) is 4.79 Å². The zero-order valence-electron chi connectivity index (χ0n) is 13.7. The molecule has 24 heavy (non-hydrogen) atoms. The summed E-state index contributed by atoms with van der Waals surface area (Å²) in [6.07, 6.45) is 4.67. The predicted octanol–water partition coefficient (Wildman–Crippen LogP) is 1.86. The highest BCUT2D eigenvalue weighted by Gasteiger charge is 2.26.